The van der Waals surface area contributed by atoms with Gasteiger partial charge in [0.1, 0.15) is 11.8 Å². The summed E-state index contributed by atoms with van der Waals surface area (Å²) in [6.07, 6.45) is 3.82. The van der Waals surface area contributed by atoms with Crippen molar-refractivity contribution < 1.29 is 9.53 Å². The summed E-state index contributed by atoms with van der Waals surface area (Å²) in [5, 5.41) is 6.91. The van der Waals surface area contributed by atoms with Crippen LogP contribution in [0.5, 0.6) is 5.75 Å². The first-order valence-electron chi connectivity index (χ1n) is 11.3. The zero-order valence-corrected chi connectivity index (χ0v) is 20.2. The number of carbonyl (C=O) groups is 1. The predicted molar refractivity (Wildman–Crippen MR) is 141 cm³/mol. The van der Waals surface area contributed by atoms with E-state index in [2.05, 4.69) is 31.2 Å². The number of methoxy groups -OCH3 is 1. The second-order valence-corrected chi connectivity index (χ2v) is 8.59. The molecule has 0 aliphatic carbocycles. The number of aromatic nitrogens is 2. The molecule has 4 aromatic rings. The number of nitrogens with zero attached hydrogens (tertiary/aromatic N) is 3. The van der Waals surface area contributed by atoms with Crippen LogP contribution < -0.4 is 20.3 Å². The highest BCUT2D eigenvalue weighted by molar-refractivity contribution is 7.80. The maximum atomic E-state index is 11.5. The lowest BCUT2D eigenvalue weighted by Gasteiger charge is -2.29. The van der Waals surface area contributed by atoms with Crippen LogP contribution >= 0.6 is 12.2 Å². The quantitative estimate of drug-likeness (QED) is 0.376. The molecule has 2 atom stereocenters. The van der Waals surface area contributed by atoms with Gasteiger partial charge in [0.15, 0.2) is 5.11 Å². The number of carbonyl (C=O) groups excluding carboxylic acids is 1. The van der Waals surface area contributed by atoms with Crippen molar-refractivity contribution in [2.75, 3.05) is 17.3 Å². The summed E-state index contributed by atoms with van der Waals surface area (Å²) in [6, 6.07) is 25.3. The van der Waals surface area contributed by atoms with Gasteiger partial charge < -0.3 is 24.8 Å². The van der Waals surface area contributed by atoms with E-state index in [4.69, 9.17) is 17.0 Å². The standard InChI is InChI=1S/C27H25N5O2S/c1-18(33)29-19-12-14-20(15-13-19)32-26(25(30-27(32)35)21-8-5-6-16-28-21)23-10-7-17-31(23)22-9-3-4-11-24(22)34-2/h3-17,25-26H,1-2H3,(H,29,33)(H,30,35). The average Bonchev–Trinajstić information content (AvgIpc) is 3.49. The van der Waals surface area contributed by atoms with Gasteiger partial charge in [-0.2, -0.15) is 0 Å². The molecule has 8 heteroatoms. The number of hydrogen-bond donors (Lipinski definition) is 2. The van der Waals surface area contributed by atoms with Crippen LogP contribution in [0.4, 0.5) is 11.4 Å². The van der Waals surface area contributed by atoms with Gasteiger partial charge in [-0.25, -0.2) is 0 Å². The highest BCUT2D eigenvalue weighted by Crippen LogP contribution is 2.43. The number of thiocarbonyl (C=S) groups is 1. The highest BCUT2D eigenvalue weighted by Gasteiger charge is 2.42. The molecule has 0 radical (unpaired) electrons. The SMILES string of the molecule is COc1ccccc1-n1cccc1C1C(c2ccccn2)NC(=S)N1c1ccc(NC(C)=O)cc1. The van der Waals surface area contributed by atoms with Crippen molar-refractivity contribution in [1.82, 2.24) is 14.9 Å². The third-order valence-electron chi connectivity index (χ3n) is 5.99. The number of ether oxygens (including phenoxy) is 1. The van der Waals surface area contributed by atoms with Crippen molar-refractivity contribution >= 4 is 34.6 Å². The lowest BCUT2D eigenvalue weighted by molar-refractivity contribution is -0.114. The van der Waals surface area contributed by atoms with Gasteiger partial charge in [-0.15, -0.1) is 0 Å². The summed E-state index contributed by atoms with van der Waals surface area (Å²) in [5.74, 6) is 0.665. The van der Waals surface area contributed by atoms with Gasteiger partial charge in [0.05, 0.1) is 24.5 Å². The van der Waals surface area contributed by atoms with Crippen LogP contribution in [0, 0.1) is 0 Å². The predicted octanol–water partition coefficient (Wildman–Crippen LogP) is 5.02. The van der Waals surface area contributed by atoms with E-state index in [1.54, 1.807) is 13.3 Å². The Hall–Kier alpha value is -4.17. The molecule has 0 saturated carbocycles. The Kier molecular flexibility index (Phi) is 6.20. The van der Waals surface area contributed by atoms with Crippen LogP contribution in [0.15, 0.2) is 91.3 Å². The molecule has 35 heavy (non-hydrogen) atoms. The Balaban J connectivity index is 1.63. The molecule has 1 fully saturated rings. The van der Waals surface area contributed by atoms with Crippen LogP contribution in [-0.2, 0) is 4.79 Å². The fourth-order valence-electron chi connectivity index (χ4n) is 4.53. The molecule has 2 aromatic carbocycles. The molecule has 176 valence electrons. The average molecular weight is 484 g/mol. The fraction of sp³-hybridized carbons (Fsp3) is 0.148. The van der Waals surface area contributed by atoms with Crippen molar-refractivity contribution in [3.8, 4) is 11.4 Å². The third-order valence-corrected chi connectivity index (χ3v) is 6.31. The Labute approximate surface area is 209 Å². The molecule has 2 N–H and O–H groups in total. The van der Waals surface area contributed by atoms with Crippen molar-refractivity contribution in [3.05, 3.63) is 103 Å². The topological polar surface area (TPSA) is 71.4 Å². The fourth-order valence-corrected chi connectivity index (χ4v) is 4.87. The summed E-state index contributed by atoms with van der Waals surface area (Å²) in [6.45, 7) is 1.49. The van der Waals surface area contributed by atoms with Crippen LogP contribution in [-0.4, -0.2) is 27.7 Å². The molecular formula is C27H25N5O2S. The Bertz CT molecular complexity index is 1350. The Morgan fingerprint density at radius 2 is 1.80 bits per heavy atom. The van der Waals surface area contributed by atoms with Crippen LogP contribution in [0.25, 0.3) is 5.69 Å². The zero-order chi connectivity index (χ0) is 24.4. The minimum Gasteiger partial charge on any atom is -0.495 e. The van der Waals surface area contributed by atoms with Crippen LogP contribution in [0.3, 0.4) is 0 Å². The number of amides is 1. The highest BCUT2D eigenvalue weighted by atomic mass is 32.1. The molecule has 2 aromatic heterocycles. The maximum Gasteiger partial charge on any atom is 0.221 e. The number of nitrogens with one attached hydrogen (secondary N) is 2. The van der Waals surface area contributed by atoms with Crippen LogP contribution in [0.1, 0.15) is 30.4 Å². The number of rotatable bonds is 6. The lowest BCUT2D eigenvalue weighted by atomic mass is 10.0. The molecule has 1 amide bonds. The smallest absolute Gasteiger partial charge is 0.221 e. The van der Waals surface area contributed by atoms with E-state index in [0.717, 1.165) is 34.2 Å². The first kappa shape index (κ1) is 22.6. The van der Waals surface area contributed by atoms with Gasteiger partial charge in [0, 0.05) is 36.4 Å². The summed E-state index contributed by atoms with van der Waals surface area (Å²) < 4.78 is 7.79. The van der Waals surface area contributed by atoms with Gasteiger partial charge in [-0.1, -0.05) is 18.2 Å². The van der Waals surface area contributed by atoms with Crippen molar-refractivity contribution in [2.45, 2.75) is 19.0 Å². The van der Waals surface area contributed by atoms with Crippen LogP contribution in [0.2, 0.25) is 0 Å². The molecule has 1 saturated heterocycles. The molecule has 1 aliphatic rings. The van der Waals surface area contributed by atoms with Crippen molar-refractivity contribution in [2.24, 2.45) is 0 Å². The first-order chi connectivity index (χ1) is 17.1. The van der Waals surface area contributed by atoms with E-state index >= 15 is 0 Å². The lowest BCUT2D eigenvalue weighted by Crippen LogP contribution is -2.30. The number of benzene rings is 2. The summed E-state index contributed by atoms with van der Waals surface area (Å²) in [5.41, 5.74) is 4.50. The first-order valence-corrected chi connectivity index (χ1v) is 11.7. The molecule has 5 rings (SSSR count). The number of anilines is 2. The molecule has 0 bridgehead atoms. The largest absolute Gasteiger partial charge is 0.495 e. The van der Waals surface area contributed by atoms with Crippen molar-refractivity contribution in [3.63, 3.8) is 0 Å². The normalized spacial score (nSPS) is 17.2. The molecule has 1 aliphatic heterocycles. The molecule has 7 nitrogen and oxygen atoms in total. The Morgan fingerprint density at radius 3 is 2.51 bits per heavy atom. The summed E-state index contributed by atoms with van der Waals surface area (Å²) in [7, 11) is 1.67. The van der Waals surface area contributed by atoms with E-state index in [0.29, 0.717) is 5.11 Å². The number of hydrogen-bond acceptors (Lipinski definition) is 4. The van der Waals surface area contributed by atoms with Gasteiger partial charge in [-0.05, 0) is 72.9 Å². The summed E-state index contributed by atoms with van der Waals surface area (Å²) >= 11 is 5.85. The van der Waals surface area contributed by atoms with Gasteiger partial charge in [-0.3, -0.25) is 9.78 Å². The monoisotopic (exact) mass is 483 g/mol. The zero-order valence-electron chi connectivity index (χ0n) is 19.4. The third kappa shape index (κ3) is 4.36. The Morgan fingerprint density at radius 1 is 1.03 bits per heavy atom. The minimum atomic E-state index is -0.191. The maximum absolute atomic E-state index is 11.5. The van der Waals surface area contributed by atoms with E-state index in [1.807, 2.05) is 79.0 Å². The second kappa shape index (κ2) is 9.60. The van der Waals surface area contributed by atoms with E-state index in [9.17, 15) is 4.79 Å². The van der Waals surface area contributed by atoms with Crippen molar-refractivity contribution in [1.29, 1.82) is 0 Å². The number of para-hydroxylation sites is 2. The molecule has 2 unspecified atom stereocenters. The molecule has 0 spiro atoms. The van der Waals surface area contributed by atoms with E-state index in [-0.39, 0.29) is 18.0 Å². The summed E-state index contributed by atoms with van der Waals surface area (Å²) in [4.78, 5) is 18.2. The van der Waals surface area contributed by atoms with E-state index < -0.39 is 0 Å². The van der Waals surface area contributed by atoms with Gasteiger partial charge in [0.2, 0.25) is 5.91 Å². The molecular weight excluding hydrogens is 458 g/mol. The van der Waals surface area contributed by atoms with Gasteiger partial charge >= 0.3 is 0 Å². The number of pyridine rings is 1. The van der Waals surface area contributed by atoms with E-state index in [1.165, 1.54) is 6.92 Å². The second-order valence-electron chi connectivity index (χ2n) is 8.20. The minimum absolute atomic E-state index is 0.112. The van der Waals surface area contributed by atoms with Gasteiger partial charge in [0.25, 0.3) is 0 Å². The molecule has 3 heterocycles.